The highest BCUT2D eigenvalue weighted by Gasteiger charge is 2.07. The first kappa shape index (κ1) is 15.8. The number of carbonyl (C=O) groups is 1. The van der Waals surface area contributed by atoms with Gasteiger partial charge in [-0.15, -0.1) is 11.6 Å². The third kappa shape index (κ3) is 5.94. The first-order chi connectivity index (χ1) is 9.02. The Morgan fingerprint density at radius 1 is 1.21 bits per heavy atom. The first-order valence-electron chi connectivity index (χ1n) is 6.19. The van der Waals surface area contributed by atoms with E-state index in [1.807, 2.05) is 38.4 Å². The van der Waals surface area contributed by atoms with Crippen LogP contribution < -0.4 is 4.74 Å². The molecular formula is C14H21ClN2O2. The molecule has 0 aromatic heterocycles. The Kier molecular flexibility index (Phi) is 6.67. The lowest BCUT2D eigenvalue weighted by molar-refractivity contribution is -0.127. The number of hydrogen-bond acceptors (Lipinski definition) is 3. The summed E-state index contributed by atoms with van der Waals surface area (Å²) < 4.78 is 5.60. The highest BCUT2D eigenvalue weighted by molar-refractivity contribution is 6.27. The molecule has 106 valence electrons. The van der Waals surface area contributed by atoms with Crippen LogP contribution in [0, 0.1) is 0 Å². The van der Waals surface area contributed by atoms with Crippen LogP contribution in [0.2, 0.25) is 0 Å². The summed E-state index contributed by atoms with van der Waals surface area (Å²) in [7, 11) is 5.76. The van der Waals surface area contributed by atoms with Crippen LogP contribution >= 0.6 is 11.6 Å². The van der Waals surface area contributed by atoms with Gasteiger partial charge in [0.1, 0.15) is 18.2 Å². The highest BCUT2D eigenvalue weighted by Crippen LogP contribution is 2.13. The van der Waals surface area contributed by atoms with Crippen molar-refractivity contribution in [2.45, 2.75) is 6.54 Å². The molecule has 1 aromatic rings. The molecule has 0 spiro atoms. The summed E-state index contributed by atoms with van der Waals surface area (Å²) in [6, 6.07) is 7.76. The van der Waals surface area contributed by atoms with Crippen molar-refractivity contribution < 1.29 is 9.53 Å². The number of benzene rings is 1. The summed E-state index contributed by atoms with van der Waals surface area (Å²) in [6.07, 6.45) is 0. The average molecular weight is 285 g/mol. The van der Waals surface area contributed by atoms with E-state index >= 15 is 0 Å². The van der Waals surface area contributed by atoms with Gasteiger partial charge in [0.05, 0.1) is 0 Å². The lowest BCUT2D eigenvalue weighted by Gasteiger charge is -2.16. The van der Waals surface area contributed by atoms with Crippen molar-refractivity contribution in [1.29, 1.82) is 0 Å². The van der Waals surface area contributed by atoms with Gasteiger partial charge < -0.3 is 14.5 Å². The van der Waals surface area contributed by atoms with Crippen molar-refractivity contribution in [3.05, 3.63) is 29.8 Å². The largest absolute Gasteiger partial charge is 0.492 e. The van der Waals surface area contributed by atoms with Crippen LogP contribution in [0.15, 0.2) is 24.3 Å². The Balaban J connectivity index is 2.45. The topological polar surface area (TPSA) is 32.8 Å². The number of amides is 1. The van der Waals surface area contributed by atoms with Crippen molar-refractivity contribution in [3.63, 3.8) is 0 Å². The molecule has 0 heterocycles. The van der Waals surface area contributed by atoms with Gasteiger partial charge in [-0.25, -0.2) is 0 Å². The van der Waals surface area contributed by atoms with Crippen molar-refractivity contribution in [3.8, 4) is 5.75 Å². The standard InChI is InChI=1S/C14H21ClN2O2/c1-16(2)8-9-19-13-6-4-12(5-7-13)11-17(3)14(18)10-15/h4-7H,8-11H2,1-3H3. The van der Waals surface area contributed by atoms with Crippen LogP contribution in [0.3, 0.4) is 0 Å². The molecule has 0 aliphatic carbocycles. The average Bonchev–Trinajstić information content (AvgIpc) is 2.39. The zero-order valence-corrected chi connectivity index (χ0v) is 12.5. The Bertz CT molecular complexity index is 393. The fourth-order valence-corrected chi connectivity index (χ4v) is 1.71. The highest BCUT2D eigenvalue weighted by atomic mass is 35.5. The van der Waals surface area contributed by atoms with E-state index in [1.54, 1.807) is 11.9 Å². The smallest absolute Gasteiger partial charge is 0.237 e. The minimum absolute atomic E-state index is 0.0161. The summed E-state index contributed by atoms with van der Waals surface area (Å²) in [4.78, 5) is 15.0. The van der Waals surface area contributed by atoms with Gasteiger partial charge in [-0.05, 0) is 31.8 Å². The second-order valence-corrected chi connectivity index (χ2v) is 4.95. The van der Waals surface area contributed by atoms with Gasteiger partial charge in [-0.2, -0.15) is 0 Å². The molecule has 0 atom stereocenters. The lowest BCUT2D eigenvalue weighted by atomic mass is 10.2. The minimum atomic E-state index is -0.0759. The molecule has 0 saturated carbocycles. The number of carbonyl (C=O) groups excluding carboxylic acids is 1. The molecule has 4 nitrogen and oxygen atoms in total. The second-order valence-electron chi connectivity index (χ2n) is 4.68. The summed E-state index contributed by atoms with van der Waals surface area (Å²) in [5, 5.41) is 0. The van der Waals surface area contributed by atoms with Gasteiger partial charge in [-0.1, -0.05) is 12.1 Å². The Morgan fingerprint density at radius 2 is 1.84 bits per heavy atom. The first-order valence-corrected chi connectivity index (χ1v) is 6.72. The zero-order valence-electron chi connectivity index (χ0n) is 11.7. The van der Waals surface area contributed by atoms with Gasteiger partial charge >= 0.3 is 0 Å². The molecule has 1 amide bonds. The number of nitrogens with zero attached hydrogens (tertiary/aromatic N) is 2. The Morgan fingerprint density at radius 3 is 2.37 bits per heavy atom. The van der Waals surface area contributed by atoms with E-state index in [9.17, 15) is 4.79 Å². The predicted octanol–water partition coefficient (Wildman–Crippen LogP) is 1.82. The van der Waals surface area contributed by atoms with Crippen molar-refractivity contribution >= 4 is 17.5 Å². The van der Waals surface area contributed by atoms with E-state index in [0.717, 1.165) is 17.9 Å². The molecule has 0 unspecified atom stereocenters. The minimum Gasteiger partial charge on any atom is -0.492 e. The maximum atomic E-state index is 11.4. The second kappa shape index (κ2) is 8.02. The molecule has 1 rings (SSSR count). The molecule has 5 heteroatoms. The maximum Gasteiger partial charge on any atom is 0.237 e. The molecule has 0 N–H and O–H groups in total. The molecule has 0 bridgehead atoms. The molecule has 0 radical (unpaired) electrons. The lowest BCUT2D eigenvalue weighted by Crippen LogP contribution is -2.27. The number of ether oxygens (including phenoxy) is 1. The molecule has 1 aromatic carbocycles. The molecular weight excluding hydrogens is 264 g/mol. The quantitative estimate of drug-likeness (QED) is 0.716. The number of rotatable bonds is 7. The van der Waals surface area contributed by atoms with E-state index in [1.165, 1.54) is 0 Å². The van der Waals surface area contributed by atoms with E-state index in [-0.39, 0.29) is 11.8 Å². The van der Waals surface area contributed by atoms with E-state index < -0.39 is 0 Å². The van der Waals surface area contributed by atoms with E-state index in [0.29, 0.717) is 13.2 Å². The molecule has 0 aliphatic heterocycles. The van der Waals surface area contributed by atoms with Crippen molar-refractivity contribution in [1.82, 2.24) is 9.80 Å². The number of likely N-dealkylation sites (N-methyl/N-ethyl adjacent to an activating group) is 1. The van der Waals surface area contributed by atoms with Gasteiger partial charge in [0.2, 0.25) is 5.91 Å². The van der Waals surface area contributed by atoms with Crippen LogP contribution in [0.5, 0.6) is 5.75 Å². The molecule has 0 saturated heterocycles. The summed E-state index contributed by atoms with van der Waals surface area (Å²) in [5.41, 5.74) is 1.06. The monoisotopic (exact) mass is 284 g/mol. The van der Waals surface area contributed by atoms with Gasteiger partial charge in [-0.3, -0.25) is 4.79 Å². The fraction of sp³-hybridized carbons (Fsp3) is 0.500. The fourth-order valence-electron chi connectivity index (χ4n) is 1.50. The SMILES string of the molecule is CN(C)CCOc1ccc(CN(C)C(=O)CCl)cc1. The van der Waals surface area contributed by atoms with Crippen molar-refractivity contribution in [2.24, 2.45) is 0 Å². The van der Waals surface area contributed by atoms with Gasteiger partial charge in [0.25, 0.3) is 0 Å². The molecule has 19 heavy (non-hydrogen) atoms. The van der Waals surface area contributed by atoms with E-state index in [2.05, 4.69) is 4.90 Å². The predicted molar refractivity (Wildman–Crippen MR) is 77.7 cm³/mol. The zero-order chi connectivity index (χ0) is 14.3. The Labute approximate surface area is 119 Å². The number of alkyl halides is 1. The number of halogens is 1. The maximum absolute atomic E-state index is 11.4. The van der Waals surface area contributed by atoms with Crippen LogP contribution in [-0.4, -0.2) is 55.9 Å². The molecule has 0 fully saturated rings. The van der Waals surface area contributed by atoms with Crippen LogP contribution in [0.1, 0.15) is 5.56 Å². The summed E-state index contributed by atoms with van der Waals surface area (Å²) >= 11 is 5.51. The normalized spacial score (nSPS) is 10.6. The van der Waals surface area contributed by atoms with Crippen LogP contribution in [-0.2, 0) is 11.3 Å². The number of hydrogen-bond donors (Lipinski definition) is 0. The van der Waals surface area contributed by atoms with Crippen LogP contribution in [0.25, 0.3) is 0 Å². The van der Waals surface area contributed by atoms with Gasteiger partial charge in [0, 0.05) is 20.1 Å². The van der Waals surface area contributed by atoms with Gasteiger partial charge in [0.15, 0.2) is 0 Å². The van der Waals surface area contributed by atoms with Crippen molar-refractivity contribution in [2.75, 3.05) is 40.2 Å². The summed E-state index contributed by atoms with van der Waals surface area (Å²) in [6.45, 7) is 2.11. The molecule has 0 aliphatic rings. The third-order valence-corrected chi connectivity index (χ3v) is 2.92. The van der Waals surface area contributed by atoms with E-state index in [4.69, 9.17) is 16.3 Å². The Hall–Kier alpha value is -1.26. The summed E-state index contributed by atoms with van der Waals surface area (Å²) in [5.74, 6) is 0.785. The third-order valence-electron chi connectivity index (χ3n) is 2.69. The van der Waals surface area contributed by atoms with Crippen LogP contribution in [0.4, 0.5) is 0 Å².